The maximum atomic E-state index is 12.9. The zero-order valence-electron chi connectivity index (χ0n) is 13.7. The third-order valence-electron chi connectivity index (χ3n) is 6.08. The average molecular weight is 317 g/mol. The van der Waals surface area contributed by atoms with Gasteiger partial charge < -0.3 is 15.6 Å². The molecule has 3 N–H and O–H groups in total. The Bertz CT molecular complexity index is 539. The summed E-state index contributed by atoms with van der Waals surface area (Å²) in [4.78, 5) is 22.6. The molecule has 126 valence electrons. The third-order valence-corrected chi connectivity index (χ3v) is 6.08. The van der Waals surface area contributed by atoms with Gasteiger partial charge in [-0.1, -0.05) is 12.8 Å². The number of nitrogens with one attached hydrogen (secondary N) is 3. The average Bonchev–Trinajstić information content (AvgIpc) is 3.30. The fourth-order valence-electron chi connectivity index (χ4n) is 4.74. The van der Waals surface area contributed by atoms with Gasteiger partial charge in [0, 0.05) is 63.0 Å². The smallest absolute Gasteiger partial charge is 0.229 e. The van der Waals surface area contributed by atoms with Crippen molar-refractivity contribution in [2.45, 2.75) is 38.1 Å². The summed E-state index contributed by atoms with van der Waals surface area (Å²) in [6.45, 7) is 4.52. The summed E-state index contributed by atoms with van der Waals surface area (Å²) in [5.74, 6) is 0.711. The minimum absolute atomic E-state index is 0.212. The number of likely N-dealkylation sites (tertiary alicyclic amines) is 1. The molecule has 1 amide bonds. The monoisotopic (exact) mass is 317 g/mol. The van der Waals surface area contributed by atoms with Gasteiger partial charge in [-0.3, -0.25) is 9.69 Å². The standard InChI is InChI=1S/C17H27N5O/c23-16(20-6-5-14-8-19-12-21-14)17-10-18-7-13(17)9-22(11-17)15-3-1-2-4-15/h8,12-13,15,18H,1-7,9-11H2,(H,19,21)(H,20,23)/t13-,17-/m0/s1. The van der Waals surface area contributed by atoms with E-state index >= 15 is 0 Å². The van der Waals surface area contributed by atoms with Gasteiger partial charge in [0.05, 0.1) is 11.7 Å². The number of aromatic amines is 1. The summed E-state index contributed by atoms with van der Waals surface area (Å²) < 4.78 is 0. The molecule has 3 aliphatic rings. The van der Waals surface area contributed by atoms with E-state index in [2.05, 4.69) is 25.5 Å². The molecule has 0 unspecified atom stereocenters. The molecule has 1 aromatic rings. The first kappa shape index (κ1) is 15.1. The molecule has 3 heterocycles. The van der Waals surface area contributed by atoms with Gasteiger partial charge in [0.1, 0.15) is 0 Å². The lowest BCUT2D eigenvalue weighted by atomic mass is 9.80. The number of H-pyrrole nitrogens is 1. The highest BCUT2D eigenvalue weighted by Crippen LogP contribution is 2.42. The van der Waals surface area contributed by atoms with E-state index in [9.17, 15) is 4.79 Å². The molecular formula is C17H27N5O. The predicted octanol–water partition coefficient (Wildman–Crippen LogP) is 0.532. The fraction of sp³-hybridized carbons (Fsp3) is 0.765. The van der Waals surface area contributed by atoms with E-state index in [4.69, 9.17) is 0 Å². The lowest BCUT2D eigenvalue weighted by molar-refractivity contribution is -0.130. The molecule has 2 saturated heterocycles. The van der Waals surface area contributed by atoms with Crippen LogP contribution in [0.5, 0.6) is 0 Å². The van der Waals surface area contributed by atoms with Crippen molar-refractivity contribution >= 4 is 5.91 Å². The minimum atomic E-state index is -0.212. The highest BCUT2D eigenvalue weighted by atomic mass is 16.2. The van der Waals surface area contributed by atoms with Crippen molar-refractivity contribution < 1.29 is 4.79 Å². The molecule has 3 fully saturated rings. The van der Waals surface area contributed by atoms with E-state index in [1.807, 2.05) is 6.20 Å². The van der Waals surface area contributed by atoms with Crippen LogP contribution in [0.1, 0.15) is 31.4 Å². The third kappa shape index (κ3) is 2.78. The van der Waals surface area contributed by atoms with Crippen molar-refractivity contribution in [3.8, 4) is 0 Å². The molecule has 0 aromatic carbocycles. The van der Waals surface area contributed by atoms with E-state index in [0.29, 0.717) is 12.5 Å². The highest BCUT2D eigenvalue weighted by Gasteiger charge is 2.55. The molecule has 1 aromatic heterocycles. The number of aromatic nitrogens is 2. The fourth-order valence-corrected chi connectivity index (χ4v) is 4.74. The van der Waals surface area contributed by atoms with Crippen molar-refractivity contribution in [1.82, 2.24) is 25.5 Å². The lowest BCUT2D eigenvalue weighted by Gasteiger charge is -2.29. The normalized spacial score (nSPS) is 31.6. The van der Waals surface area contributed by atoms with Gasteiger partial charge in [0.25, 0.3) is 0 Å². The summed E-state index contributed by atoms with van der Waals surface area (Å²) in [5.41, 5.74) is 0.860. The molecule has 23 heavy (non-hydrogen) atoms. The van der Waals surface area contributed by atoms with Crippen LogP contribution >= 0.6 is 0 Å². The van der Waals surface area contributed by atoms with Gasteiger partial charge in [-0.05, 0) is 12.8 Å². The Morgan fingerprint density at radius 1 is 1.43 bits per heavy atom. The van der Waals surface area contributed by atoms with Gasteiger partial charge >= 0.3 is 0 Å². The van der Waals surface area contributed by atoms with Gasteiger partial charge in [0.2, 0.25) is 5.91 Å². The second-order valence-electron chi connectivity index (χ2n) is 7.43. The Morgan fingerprint density at radius 3 is 3.09 bits per heavy atom. The van der Waals surface area contributed by atoms with Crippen LogP contribution < -0.4 is 10.6 Å². The molecule has 2 aliphatic heterocycles. The first-order valence-corrected chi connectivity index (χ1v) is 8.98. The molecular weight excluding hydrogens is 290 g/mol. The van der Waals surface area contributed by atoms with E-state index in [-0.39, 0.29) is 11.3 Å². The van der Waals surface area contributed by atoms with Crippen LogP contribution in [0, 0.1) is 11.3 Å². The first-order valence-electron chi connectivity index (χ1n) is 8.98. The minimum Gasteiger partial charge on any atom is -0.355 e. The molecule has 1 saturated carbocycles. The topological polar surface area (TPSA) is 73.0 Å². The zero-order chi connectivity index (χ0) is 15.7. The van der Waals surface area contributed by atoms with Crippen molar-refractivity contribution in [3.63, 3.8) is 0 Å². The summed E-state index contributed by atoms with van der Waals surface area (Å²) in [6.07, 6.45) is 9.66. The predicted molar refractivity (Wildman–Crippen MR) is 87.9 cm³/mol. The van der Waals surface area contributed by atoms with E-state index < -0.39 is 0 Å². The molecule has 6 nitrogen and oxygen atoms in total. The van der Waals surface area contributed by atoms with Gasteiger partial charge in [-0.25, -0.2) is 4.98 Å². The van der Waals surface area contributed by atoms with Crippen molar-refractivity contribution in [1.29, 1.82) is 0 Å². The summed E-state index contributed by atoms with van der Waals surface area (Å²) in [6, 6.07) is 0.718. The summed E-state index contributed by atoms with van der Waals surface area (Å²) in [7, 11) is 0. The largest absolute Gasteiger partial charge is 0.355 e. The van der Waals surface area contributed by atoms with E-state index in [0.717, 1.165) is 44.3 Å². The van der Waals surface area contributed by atoms with Gasteiger partial charge in [-0.2, -0.15) is 0 Å². The Kier molecular flexibility index (Phi) is 4.11. The number of amides is 1. The Morgan fingerprint density at radius 2 is 2.30 bits per heavy atom. The van der Waals surface area contributed by atoms with Crippen LogP contribution in [-0.4, -0.2) is 59.5 Å². The van der Waals surface area contributed by atoms with Gasteiger partial charge in [0.15, 0.2) is 0 Å². The number of hydrogen-bond acceptors (Lipinski definition) is 4. The van der Waals surface area contributed by atoms with Crippen LogP contribution in [0.2, 0.25) is 0 Å². The number of carbonyl (C=O) groups is 1. The summed E-state index contributed by atoms with van der Waals surface area (Å²) in [5, 5.41) is 6.64. The molecule has 1 aliphatic carbocycles. The molecule has 0 spiro atoms. The molecule has 0 radical (unpaired) electrons. The second kappa shape index (κ2) is 6.24. The van der Waals surface area contributed by atoms with Gasteiger partial charge in [-0.15, -0.1) is 0 Å². The van der Waals surface area contributed by atoms with Crippen molar-refractivity contribution in [2.24, 2.45) is 11.3 Å². The molecule has 2 atom stereocenters. The zero-order valence-corrected chi connectivity index (χ0v) is 13.7. The first-order chi connectivity index (χ1) is 11.3. The summed E-state index contributed by atoms with van der Waals surface area (Å²) >= 11 is 0. The van der Waals surface area contributed by atoms with Crippen molar-refractivity contribution in [3.05, 3.63) is 18.2 Å². The van der Waals surface area contributed by atoms with Crippen molar-refractivity contribution in [2.75, 3.05) is 32.7 Å². The molecule has 6 heteroatoms. The van der Waals surface area contributed by atoms with Crippen LogP contribution in [-0.2, 0) is 11.2 Å². The number of carbonyl (C=O) groups excluding carboxylic acids is 1. The van der Waals surface area contributed by atoms with Crippen LogP contribution in [0.25, 0.3) is 0 Å². The molecule has 4 rings (SSSR count). The SMILES string of the molecule is O=C(NCCc1cnc[nH]1)[C@]12CNC[C@H]1CN(C1CCCC1)C2. The van der Waals surface area contributed by atoms with Crippen LogP contribution in [0.4, 0.5) is 0 Å². The lowest BCUT2D eigenvalue weighted by Crippen LogP contribution is -2.48. The molecule has 0 bridgehead atoms. The number of nitrogens with zero attached hydrogens (tertiary/aromatic N) is 2. The Balaban J connectivity index is 1.37. The van der Waals surface area contributed by atoms with Crippen LogP contribution in [0.3, 0.4) is 0 Å². The van der Waals surface area contributed by atoms with Crippen LogP contribution in [0.15, 0.2) is 12.5 Å². The maximum absolute atomic E-state index is 12.9. The second-order valence-corrected chi connectivity index (χ2v) is 7.43. The quantitative estimate of drug-likeness (QED) is 0.741. The Labute approximate surface area is 137 Å². The Hall–Kier alpha value is -1.40. The number of rotatable bonds is 5. The number of hydrogen-bond donors (Lipinski definition) is 3. The highest BCUT2D eigenvalue weighted by molar-refractivity contribution is 5.84. The number of fused-ring (bicyclic) bond motifs is 1. The van der Waals surface area contributed by atoms with E-state index in [1.165, 1.54) is 25.7 Å². The number of imidazole rings is 1. The van der Waals surface area contributed by atoms with E-state index in [1.54, 1.807) is 6.33 Å². The maximum Gasteiger partial charge on any atom is 0.229 e.